The van der Waals surface area contributed by atoms with Crippen LogP contribution >= 0.6 is 0 Å². The van der Waals surface area contributed by atoms with Crippen molar-refractivity contribution in [3.05, 3.63) is 83.8 Å². The number of carbonyl (C=O) groups is 2. The largest absolute Gasteiger partial charge is 0.462 e. The molecule has 148 valence electrons. The molecule has 0 atom stereocenters. The second kappa shape index (κ2) is 9.45. The highest BCUT2D eigenvalue weighted by atomic mass is 19.1. The summed E-state index contributed by atoms with van der Waals surface area (Å²) in [5, 5.41) is 5.82. The zero-order valence-corrected chi connectivity index (χ0v) is 15.8. The normalized spacial score (nSPS) is 10.3. The van der Waals surface area contributed by atoms with Crippen LogP contribution in [0.25, 0.3) is 0 Å². The highest BCUT2D eigenvalue weighted by molar-refractivity contribution is 5.96. The molecular weight excluding hydrogens is 373 g/mol. The number of halogens is 1. The number of rotatable bonds is 7. The third-order valence-corrected chi connectivity index (χ3v) is 4.01. The molecule has 1 amide bonds. The number of hydrogen-bond acceptors (Lipinski definition) is 5. The second-order valence-electron chi connectivity index (χ2n) is 6.17. The summed E-state index contributed by atoms with van der Waals surface area (Å²) in [6.45, 7) is 2.04. The van der Waals surface area contributed by atoms with Gasteiger partial charge in [0.05, 0.1) is 36.2 Å². The van der Waals surface area contributed by atoms with E-state index < -0.39 is 5.97 Å². The summed E-state index contributed by atoms with van der Waals surface area (Å²) in [6, 6.07) is 16.1. The number of anilines is 3. The van der Waals surface area contributed by atoms with Crippen LogP contribution in [-0.2, 0) is 16.0 Å². The number of ether oxygens (including phenoxy) is 1. The molecule has 0 saturated heterocycles. The molecule has 7 heteroatoms. The molecule has 1 heterocycles. The molecule has 29 heavy (non-hydrogen) atoms. The molecule has 3 aromatic rings. The van der Waals surface area contributed by atoms with E-state index in [0.29, 0.717) is 28.3 Å². The van der Waals surface area contributed by atoms with E-state index in [0.717, 1.165) is 0 Å². The Morgan fingerprint density at radius 2 is 1.79 bits per heavy atom. The number of carbonyl (C=O) groups excluding carboxylic acids is 2. The molecule has 3 rings (SSSR count). The van der Waals surface area contributed by atoms with E-state index in [1.54, 1.807) is 55.5 Å². The standard InChI is InChI=1S/C22H20FN3O3/c1-2-29-22(28)18-5-3-4-6-19(18)26-20-12-11-17(14-24-20)25-21(27)13-15-7-9-16(23)10-8-15/h3-12,14H,2,13H2,1H3,(H,24,26)(H,25,27). The van der Waals surface area contributed by atoms with Crippen LogP contribution in [0.5, 0.6) is 0 Å². The van der Waals surface area contributed by atoms with Crippen LogP contribution in [0.4, 0.5) is 21.6 Å². The number of aromatic nitrogens is 1. The van der Waals surface area contributed by atoms with Crippen LogP contribution in [0, 0.1) is 5.82 Å². The van der Waals surface area contributed by atoms with E-state index in [2.05, 4.69) is 15.6 Å². The molecule has 0 aliphatic carbocycles. The first-order valence-corrected chi connectivity index (χ1v) is 9.08. The van der Waals surface area contributed by atoms with Gasteiger partial charge in [-0.3, -0.25) is 4.79 Å². The van der Waals surface area contributed by atoms with Gasteiger partial charge in [-0.05, 0) is 48.9 Å². The summed E-state index contributed by atoms with van der Waals surface area (Å²) >= 11 is 0. The predicted octanol–water partition coefficient (Wildman–Crippen LogP) is 4.32. The lowest BCUT2D eigenvalue weighted by Gasteiger charge is -2.11. The van der Waals surface area contributed by atoms with Gasteiger partial charge in [0.25, 0.3) is 0 Å². The topological polar surface area (TPSA) is 80.3 Å². The van der Waals surface area contributed by atoms with Gasteiger partial charge in [-0.2, -0.15) is 0 Å². The molecule has 0 fully saturated rings. The summed E-state index contributed by atoms with van der Waals surface area (Å²) in [5.41, 5.74) is 2.23. The van der Waals surface area contributed by atoms with Crippen molar-refractivity contribution in [2.75, 3.05) is 17.2 Å². The van der Waals surface area contributed by atoms with Gasteiger partial charge in [-0.25, -0.2) is 14.2 Å². The van der Waals surface area contributed by atoms with Gasteiger partial charge < -0.3 is 15.4 Å². The quantitative estimate of drug-likeness (QED) is 0.584. The van der Waals surface area contributed by atoms with Crippen molar-refractivity contribution in [2.45, 2.75) is 13.3 Å². The minimum Gasteiger partial charge on any atom is -0.462 e. The average molecular weight is 393 g/mol. The van der Waals surface area contributed by atoms with Gasteiger partial charge in [-0.15, -0.1) is 0 Å². The second-order valence-corrected chi connectivity index (χ2v) is 6.17. The van der Waals surface area contributed by atoms with Crippen molar-refractivity contribution in [1.29, 1.82) is 0 Å². The Labute approximate surface area is 167 Å². The smallest absolute Gasteiger partial charge is 0.340 e. The summed E-state index contributed by atoms with van der Waals surface area (Å²) < 4.78 is 18.0. The molecule has 0 unspecified atom stereocenters. The third kappa shape index (κ3) is 5.62. The van der Waals surface area contributed by atoms with Crippen molar-refractivity contribution < 1.29 is 18.7 Å². The van der Waals surface area contributed by atoms with Crippen molar-refractivity contribution in [2.24, 2.45) is 0 Å². The Morgan fingerprint density at radius 3 is 2.48 bits per heavy atom. The lowest BCUT2D eigenvalue weighted by molar-refractivity contribution is -0.115. The third-order valence-electron chi connectivity index (χ3n) is 4.01. The molecule has 1 aromatic heterocycles. The van der Waals surface area contributed by atoms with E-state index in [-0.39, 0.29) is 24.8 Å². The number of amides is 1. The number of benzene rings is 2. The fourth-order valence-corrected chi connectivity index (χ4v) is 2.65. The maximum absolute atomic E-state index is 12.9. The Kier molecular flexibility index (Phi) is 6.52. The minimum atomic E-state index is -0.416. The highest BCUT2D eigenvalue weighted by Gasteiger charge is 2.12. The summed E-state index contributed by atoms with van der Waals surface area (Å²) in [7, 11) is 0. The summed E-state index contributed by atoms with van der Waals surface area (Å²) in [5.74, 6) is -0.476. The summed E-state index contributed by atoms with van der Waals surface area (Å²) in [6.07, 6.45) is 1.64. The van der Waals surface area contributed by atoms with Gasteiger partial charge >= 0.3 is 5.97 Å². The number of para-hydroxylation sites is 1. The van der Waals surface area contributed by atoms with Gasteiger partial charge in [0.2, 0.25) is 5.91 Å². The number of nitrogens with one attached hydrogen (secondary N) is 2. The highest BCUT2D eigenvalue weighted by Crippen LogP contribution is 2.21. The van der Waals surface area contributed by atoms with Crippen LogP contribution in [0.3, 0.4) is 0 Å². The van der Waals surface area contributed by atoms with Gasteiger partial charge in [0, 0.05) is 0 Å². The fraction of sp³-hybridized carbons (Fsp3) is 0.136. The van der Waals surface area contributed by atoms with E-state index in [1.165, 1.54) is 18.3 Å². The molecule has 0 radical (unpaired) electrons. The first-order valence-electron chi connectivity index (χ1n) is 9.08. The molecule has 6 nitrogen and oxygen atoms in total. The monoisotopic (exact) mass is 393 g/mol. The van der Waals surface area contributed by atoms with Crippen LogP contribution in [-0.4, -0.2) is 23.5 Å². The molecule has 0 spiro atoms. The molecule has 0 aliphatic heterocycles. The number of nitrogens with zero attached hydrogens (tertiary/aromatic N) is 1. The van der Waals surface area contributed by atoms with Crippen molar-refractivity contribution in [3.8, 4) is 0 Å². The Morgan fingerprint density at radius 1 is 1.03 bits per heavy atom. The average Bonchev–Trinajstić information content (AvgIpc) is 2.72. The summed E-state index contributed by atoms with van der Waals surface area (Å²) in [4.78, 5) is 28.4. The lowest BCUT2D eigenvalue weighted by Crippen LogP contribution is -2.14. The predicted molar refractivity (Wildman–Crippen MR) is 109 cm³/mol. The van der Waals surface area contributed by atoms with Gasteiger partial charge in [0.15, 0.2) is 0 Å². The Hall–Kier alpha value is -3.74. The number of pyridine rings is 1. The Bertz CT molecular complexity index is 989. The van der Waals surface area contributed by atoms with Crippen LogP contribution in [0.15, 0.2) is 66.9 Å². The SMILES string of the molecule is CCOC(=O)c1ccccc1Nc1ccc(NC(=O)Cc2ccc(F)cc2)cn1. The van der Waals surface area contributed by atoms with Crippen LogP contribution in [0.1, 0.15) is 22.8 Å². The first kappa shape index (κ1) is 20.0. The lowest BCUT2D eigenvalue weighted by atomic mass is 10.1. The van der Waals surface area contributed by atoms with E-state index in [4.69, 9.17) is 4.74 Å². The molecule has 0 saturated carbocycles. The van der Waals surface area contributed by atoms with Gasteiger partial charge in [0.1, 0.15) is 11.6 Å². The van der Waals surface area contributed by atoms with E-state index in [1.807, 2.05) is 0 Å². The van der Waals surface area contributed by atoms with Crippen molar-refractivity contribution in [3.63, 3.8) is 0 Å². The van der Waals surface area contributed by atoms with Gasteiger partial charge in [-0.1, -0.05) is 24.3 Å². The number of esters is 1. The zero-order chi connectivity index (χ0) is 20.6. The minimum absolute atomic E-state index is 0.132. The van der Waals surface area contributed by atoms with Crippen molar-refractivity contribution in [1.82, 2.24) is 4.98 Å². The maximum Gasteiger partial charge on any atom is 0.340 e. The first-order chi connectivity index (χ1) is 14.0. The van der Waals surface area contributed by atoms with E-state index >= 15 is 0 Å². The fourth-order valence-electron chi connectivity index (χ4n) is 2.65. The molecule has 2 aromatic carbocycles. The molecule has 2 N–H and O–H groups in total. The molecular formula is C22H20FN3O3. The number of hydrogen-bond donors (Lipinski definition) is 2. The van der Waals surface area contributed by atoms with Crippen molar-refractivity contribution >= 4 is 29.1 Å². The Balaban J connectivity index is 1.63. The maximum atomic E-state index is 12.9. The molecule has 0 bridgehead atoms. The van der Waals surface area contributed by atoms with E-state index in [9.17, 15) is 14.0 Å². The van der Waals surface area contributed by atoms with Crippen LogP contribution < -0.4 is 10.6 Å². The zero-order valence-electron chi connectivity index (χ0n) is 15.8. The molecule has 0 aliphatic rings. The van der Waals surface area contributed by atoms with Crippen LogP contribution in [0.2, 0.25) is 0 Å².